The summed E-state index contributed by atoms with van der Waals surface area (Å²) in [5.74, 6) is -3.17. The summed E-state index contributed by atoms with van der Waals surface area (Å²) in [5.41, 5.74) is 0. The van der Waals surface area contributed by atoms with Crippen molar-refractivity contribution in [1.29, 1.82) is 0 Å². The Morgan fingerprint density at radius 3 is 2.29 bits per heavy atom. The number of methoxy groups -OCH3 is 1. The summed E-state index contributed by atoms with van der Waals surface area (Å²) in [6, 6.07) is -1.32. The molecule has 0 spiro atoms. The number of carbonyl (C=O) groups excluding carboxylic acids is 2. The standard InChI is InChI=1S/C9H14F3NO3S/c1-5(3-4-17)6(7(14)16-2)13-8(15)9(10,11)12/h5-6,17H,3-4H2,1-2H3,(H,13,15)/t5-,6-/m0/s1. The Morgan fingerprint density at radius 2 is 1.94 bits per heavy atom. The highest BCUT2D eigenvalue weighted by Gasteiger charge is 2.42. The third kappa shape index (κ3) is 5.29. The van der Waals surface area contributed by atoms with Crippen LogP contribution in [0.1, 0.15) is 13.3 Å². The highest BCUT2D eigenvalue weighted by atomic mass is 32.1. The van der Waals surface area contributed by atoms with Crippen LogP contribution < -0.4 is 5.32 Å². The number of halogens is 3. The molecule has 1 amide bonds. The van der Waals surface area contributed by atoms with Crippen LogP contribution in [0.4, 0.5) is 13.2 Å². The van der Waals surface area contributed by atoms with Gasteiger partial charge in [0.2, 0.25) is 0 Å². The number of hydrogen-bond donors (Lipinski definition) is 2. The van der Waals surface area contributed by atoms with Crippen molar-refractivity contribution in [1.82, 2.24) is 5.32 Å². The van der Waals surface area contributed by atoms with Crippen molar-refractivity contribution in [2.75, 3.05) is 12.9 Å². The van der Waals surface area contributed by atoms with Gasteiger partial charge in [0.05, 0.1) is 7.11 Å². The molecule has 0 radical (unpaired) electrons. The van der Waals surface area contributed by atoms with Gasteiger partial charge in [-0.2, -0.15) is 25.8 Å². The first kappa shape index (κ1) is 16.1. The average molecular weight is 273 g/mol. The molecule has 0 fully saturated rings. The highest BCUT2D eigenvalue weighted by molar-refractivity contribution is 7.80. The van der Waals surface area contributed by atoms with Crippen LogP contribution in [0, 0.1) is 5.92 Å². The molecule has 0 aliphatic rings. The maximum Gasteiger partial charge on any atom is 0.471 e. The third-order valence-corrected chi connectivity index (χ3v) is 2.41. The van der Waals surface area contributed by atoms with E-state index in [1.165, 1.54) is 6.92 Å². The van der Waals surface area contributed by atoms with Crippen LogP contribution in [-0.2, 0) is 14.3 Å². The zero-order valence-electron chi connectivity index (χ0n) is 9.37. The Bertz CT molecular complexity index is 283. The first-order chi connectivity index (χ1) is 7.73. The molecular formula is C9H14F3NO3S. The van der Waals surface area contributed by atoms with E-state index in [1.807, 2.05) is 0 Å². The molecule has 0 aromatic heterocycles. The molecule has 8 heteroatoms. The van der Waals surface area contributed by atoms with E-state index in [9.17, 15) is 22.8 Å². The van der Waals surface area contributed by atoms with E-state index in [4.69, 9.17) is 0 Å². The van der Waals surface area contributed by atoms with E-state index in [2.05, 4.69) is 17.4 Å². The van der Waals surface area contributed by atoms with Gasteiger partial charge in [-0.15, -0.1) is 0 Å². The second-order valence-electron chi connectivity index (χ2n) is 3.46. The lowest BCUT2D eigenvalue weighted by atomic mass is 9.99. The summed E-state index contributed by atoms with van der Waals surface area (Å²) >= 11 is 3.91. The van der Waals surface area contributed by atoms with Crippen molar-refractivity contribution >= 4 is 24.5 Å². The first-order valence-electron chi connectivity index (χ1n) is 4.80. The van der Waals surface area contributed by atoms with E-state index in [-0.39, 0.29) is 0 Å². The molecule has 17 heavy (non-hydrogen) atoms. The molecule has 0 aliphatic heterocycles. The van der Waals surface area contributed by atoms with E-state index < -0.39 is 30.0 Å². The van der Waals surface area contributed by atoms with Crippen molar-refractivity contribution < 1.29 is 27.5 Å². The monoisotopic (exact) mass is 273 g/mol. The quantitative estimate of drug-likeness (QED) is 0.584. The van der Waals surface area contributed by atoms with Crippen LogP contribution in [0.2, 0.25) is 0 Å². The minimum absolute atomic E-state index is 0.376. The topological polar surface area (TPSA) is 55.4 Å². The molecule has 0 unspecified atom stereocenters. The summed E-state index contributed by atoms with van der Waals surface area (Å²) < 4.78 is 40.5. The maximum absolute atomic E-state index is 12.0. The minimum Gasteiger partial charge on any atom is -0.467 e. The van der Waals surface area contributed by atoms with E-state index in [0.717, 1.165) is 7.11 Å². The largest absolute Gasteiger partial charge is 0.471 e. The van der Waals surface area contributed by atoms with Crippen LogP contribution in [0.3, 0.4) is 0 Å². The number of alkyl halides is 3. The maximum atomic E-state index is 12.0. The lowest BCUT2D eigenvalue weighted by molar-refractivity contribution is -0.176. The molecule has 0 saturated heterocycles. The Hall–Kier alpha value is -0.920. The SMILES string of the molecule is COC(=O)[C@@H](NC(=O)C(F)(F)F)[C@@H](C)CCS. The fourth-order valence-electron chi connectivity index (χ4n) is 1.15. The summed E-state index contributed by atoms with van der Waals surface area (Å²) in [5, 5.41) is 1.62. The number of thiol groups is 1. The molecule has 0 heterocycles. The molecule has 1 N–H and O–H groups in total. The molecule has 0 saturated carbocycles. The average Bonchev–Trinajstić information content (AvgIpc) is 2.23. The molecule has 0 aromatic carbocycles. The zero-order valence-corrected chi connectivity index (χ0v) is 10.3. The second-order valence-corrected chi connectivity index (χ2v) is 3.91. The van der Waals surface area contributed by atoms with Gasteiger partial charge in [0.1, 0.15) is 6.04 Å². The molecule has 0 aliphatic carbocycles. The predicted octanol–water partition coefficient (Wildman–Crippen LogP) is 1.16. The number of hydrogen-bond acceptors (Lipinski definition) is 4. The Kier molecular flexibility index (Phi) is 6.36. The van der Waals surface area contributed by atoms with Crippen LogP contribution in [0.25, 0.3) is 0 Å². The van der Waals surface area contributed by atoms with Gasteiger partial charge in [0.25, 0.3) is 0 Å². The lowest BCUT2D eigenvalue weighted by Crippen LogP contribution is -2.50. The van der Waals surface area contributed by atoms with Crippen LogP contribution in [0.5, 0.6) is 0 Å². The van der Waals surface area contributed by atoms with Gasteiger partial charge in [0, 0.05) is 0 Å². The van der Waals surface area contributed by atoms with Gasteiger partial charge in [-0.1, -0.05) is 6.92 Å². The van der Waals surface area contributed by atoms with E-state index in [0.29, 0.717) is 12.2 Å². The number of nitrogens with one attached hydrogen (secondary N) is 1. The second kappa shape index (κ2) is 6.73. The van der Waals surface area contributed by atoms with Crippen LogP contribution in [0.15, 0.2) is 0 Å². The summed E-state index contributed by atoms with van der Waals surface area (Å²) in [4.78, 5) is 22.0. The first-order valence-corrected chi connectivity index (χ1v) is 5.43. The molecule has 0 bridgehead atoms. The molecule has 0 aromatic rings. The van der Waals surface area contributed by atoms with Crippen molar-refractivity contribution in [2.45, 2.75) is 25.6 Å². The van der Waals surface area contributed by atoms with Gasteiger partial charge in [-0.05, 0) is 18.1 Å². The van der Waals surface area contributed by atoms with Gasteiger partial charge < -0.3 is 10.1 Å². The normalized spacial score (nSPS) is 14.9. The van der Waals surface area contributed by atoms with Crippen molar-refractivity contribution in [3.05, 3.63) is 0 Å². The van der Waals surface area contributed by atoms with Gasteiger partial charge in [0.15, 0.2) is 0 Å². The van der Waals surface area contributed by atoms with E-state index >= 15 is 0 Å². The number of amides is 1. The summed E-state index contributed by atoms with van der Waals surface area (Å²) in [6.07, 6.45) is -4.64. The van der Waals surface area contributed by atoms with Crippen molar-refractivity contribution in [2.24, 2.45) is 5.92 Å². The lowest BCUT2D eigenvalue weighted by Gasteiger charge is -2.22. The molecule has 4 nitrogen and oxygen atoms in total. The number of esters is 1. The third-order valence-electron chi connectivity index (χ3n) is 2.15. The van der Waals surface area contributed by atoms with Crippen LogP contribution >= 0.6 is 12.6 Å². The smallest absolute Gasteiger partial charge is 0.467 e. The van der Waals surface area contributed by atoms with Crippen molar-refractivity contribution in [3.8, 4) is 0 Å². The molecule has 2 atom stereocenters. The molecule has 0 rings (SSSR count). The minimum atomic E-state index is -5.02. The van der Waals surface area contributed by atoms with Gasteiger partial charge in [-0.25, -0.2) is 4.79 Å². The van der Waals surface area contributed by atoms with Crippen LogP contribution in [-0.4, -0.2) is 37.0 Å². The number of ether oxygens (including phenoxy) is 1. The highest BCUT2D eigenvalue weighted by Crippen LogP contribution is 2.17. The fourth-order valence-corrected chi connectivity index (χ4v) is 1.56. The summed E-state index contributed by atoms with van der Waals surface area (Å²) in [6.45, 7) is 1.54. The Morgan fingerprint density at radius 1 is 1.41 bits per heavy atom. The molecule has 100 valence electrons. The van der Waals surface area contributed by atoms with Gasteiger partial charge in [-0.3, -0.25) is 4.79 Å². The Labute approximate surface area is 102 Å². The zero-order chi connectivity index (χ0) is 13.6. The Balaban J connectivity index is 4.72. The van der Waals surface area contributed by atoms with Crippen molar-refractivity contribution in [3.63, 3.8) is 0 Å². The number of rotatable bonds is 5. The fraction of sp³-hybridized carbons (Fsp3) is 0.778. The summed E-state index contributed by atoms with van der Waals surface area (Å²) in [7, 11) is 1.04. The molecular weight excluding hydrogens is 259 g/mol. The predicted molar refractivity (Wildman–Crippen MR) is 57.6 cm³/mol. The van der Waals surface area contributed by atoms with E-state index in [1.54, 1.807) is 5.32 Å². The number of carbonyl (C=O) groups is 2. The van der Waals surface area contributed by atoms with Gasteiger partial charge >= 0.3 is 18.1 Å².